The molecule has 188 valence electrons. The van der Waals surface area contributed by atoms with Crippen molar-refractivity contribution in [3.05, 3.63) is 70.6 Å². The third-order valence-electron chi connectivity index (χ3n) is 8.00. The Labute approximate surface area is 214 Å². The smallest absolute Gasteiger partial charge is 0.155 e. The van der Waals surface area contributed by atoms with Crippen LogP contribution < -0.4 is 0 Å². The van der Waals surface area contributed by atoms with Crippen LogP contribution in [0.5, 0.6) is 0 Å². The minimum absolute atomic E-state index is 0.325. The highest BCUT2D eigenvalue weighted by molar-refractivity contribution is 6.35. The van der Waals surface area contributed by atoms with Crippen LogP contribution in [0.2, 0.25) is 5.02 Å². The summed E-state index contributed by atoms with van der Waals surface area (Å²) in [7, 11) is 1.87. The molecule has 8 heteroatoms. The number of nitrogens with one attached hydrogen (secondary N) is 1. The fourth-order valence-electron chi connectivity index (χ4n) is 6.19. The number of likely N-dealkylation sites (tertiary alicyclic amines) is 1. The van der Waals surface area contributed by atoms with Gasteiger partial charge in [0.05, 0.1) is 16.0 Å². The number of alkyl halides is 1. The molecule has 1 aliphatic carbocycles. The number of fused-ring (bicyclic) bond motifs is 1. The molecule has 1 saturated carbocycles. The van der Waals surface area contributed by atoms with Crippen molar-refractivity contribution >= 4 is 22.5 Å². The van der Waals surface area contributed by atoms with Crippen LogP contribution in [0.25, 0.3) is 22.0 Å². The van der Waals surface area contributed by atoms with E-state index >= 15 is 4.39 Å². The maximum Gasteiger partial charge on any atom is 0.155 e. The Morgan fingerprint density at radius 2 is 2.06 bits per heavy atom. The van der Waals surface area contributed by atoms with Gasteiger partial charge in [0.2, 0.25) is 0 Å². The van der Waals surface area contributed by atoms with Gasteiger partial charge in [0, 0.05) is 36.8 Å². The lowest BCUT2D eigenvalue weighted by atomic mass is 9.62. The highest BCUT2D eigenvalue weighted by Crippen LogP contribution is 2.50. The number of aromatic amines is 1. The Balaban J connectivity index is 1.37. The minimum atomic E-state index is -0.895. The second-order valence-corrected chi connectivity index (χ2v) is 11.1. The Kier molecular flexibility index (Phi) is 5.88. The SMILES string of the molecule is C[C@H]1CCCN(Cc2cc3c(Cl)cc(-c4cccc(C5(c6nncn6C)CC(F)C5)c4)c(F)c3[nH]2)C1. The van der Waals surface area contributed by atoms with E-state index in [4.69, 9.17) is 11.6 Å². The predicted octanol–water partition coefficient (Wildman–Crippen LogP) is 6.41. The molecule has 0 radical (unpaired) electrons. The fourth-order valence-corrected chi connectivity index (χ4v) is 6.44. The zero-order valence-corrected chi connectivity index (χ0v) is 21.3. The summed E-state index contributed by atoms with van der Waals surface area (Å²) in [6, 6.07) is 11.4. The second-order valence-electron chi connectivity index (χ2n) is 10.7. The Hall–Kier alpha value is -2.77. The molecule has 0 bridgehead atoms. The van der Waals surface area contributed by atoms with E-state index in [0.29, 0.717) is 45.8 Å². The average Bonchev–Trinajstić information content (AvgIpc) is 3.46. The molecule has 0 spiro atoms. The van der Waals surface area contributed by atoms with Gasteiger partial charge in [-0.25, -0.2) is 8.78 Å². The summed E-state index contributed by atoms with van der Waals surface area (Å²) < 4.78 is 31.9. The van der Waals surface area contributed by atoms with Crippen molar-refractivity contribution < 1.29 is 8.78 Å². The molecular formula is C28H30ClF2N5. The van der Waals surface area contributed by atoms with Gasteiger partial charge in [-0.1, -0.05) is 42.8 Å². The lowest BCUT2D eigenvalue weighted by Gasteiger charge is -2.43. The lowest BCUT2D eigenvalue weighted by molar-refractivity contribution is 0.114. The summed E-state index contributed by atoms with van der Waals surface area (Å²) in [6.07, 6.45) is 3.85. The van der Waals surface area contributed by atoms with Crippen LogP contribution in [0, 0.1) is 11.7 Å². The molecule has 1 atom stereocenters. The van der Waals surface area contributed by atoms with Gasteiger partial charge in [0.15, 0.2) is 5.82 Å². The Bertz CT molecular complexity index is 1420. The van der Waals surface area contributed by atoms with Crippen LogP contribution in [0.1, 0.15) is 49.7 Å². The molecule has 1 saturated heterocycles. The number of benzene rings is 2. The molecule has 1 aliphatic heterocycles. The number of halogens is 3. The molecule has 2 aromatic carbocycles. The molecule has 4 aromatic rings. The quantitative estimate of drug-likeness (QED) is 0.338. The standard InChI is InChI=1S/C28H30ClF2N5/c1-17-5-4-8-36(14-17)15-21-10-23-24(29)11-22(25(31)26(23)33-21)18-6-3-7-19(9-18)28(12-20(30)13-28)27-34-32-16-35(27)2/h3,6-7,9-11,16-17,20,33H,4-5,8,12-15H2,1-2H3/t17-,20?,28?/m0/s1. The van der Waals surface area contributed by atoms with Gasteiger partial charge in [-0.15, -0.1) is 10.2 Å². The summed E-state index contributed by atoms with van der Waals surface area (Å²) in [5.74, 6) is 1.08. The number of rotatable bonds is 5. The van der Waals surface area contributed by atoms with E-state index in [1.54, 1.807) is 12.4 Å². The van der Waals surface area contributed by atoms with E-state index in [-0.39, 0.29) is 5.82 Å². The van der Waals surface area contributed by atoms with Crippen LogP contribution in [0.15, 0.2) is 42.7 Å². The molecule has 0 amide bonds. The van der Waals surface area contributed by atoms with Gasteiger partial charge in [-0.2, -0.15) is 0 Å². The number of piperidine rings is 1. The Morgan fingerprint density at radius 3 is 2.78 bits per heavy atom. The summed E-state index contributed by atoms with van der Waals surface area (Å²) in [4.78, 5) is 5.72. The lowest BCUT2D eigenvalue weighted by Crippen LogP contribution is -2.45. The molecule has 2 fully saturated rings. The molecule has 2 aromatic heterocycles. The maximum atomic E-state index is 15.9. The number of aryl methyl sites for hydroxylation is 1. The van der Waals surface area contributed by atoms with Crippen LogP contribution in [0.4, 0.5) is 8.78 Å². The second kappa shape index (κ2) is 8.96. The van der Waals surface area contributed by atoms with Crippen molar-refractivity contribution in [1.29, 1.82) is 0 Å². The Morgan fingerprint density at radius 1 is 1.22 bits per heavy atom. The molecule has 3 heterocycles. The van der Waals surface area contributed by atoms with Gasteiger partial charge in [0.25, 0.3) is 0 Å². The van der Waals surface area contributed by atoms with Gasteiger partial charge in [0.1, 0.15) is 18.3 Å². The van der Waals surface area contributed by atoms with Gasteiger partial charge in [-0.05, 0) is 61.4 Å². The van der Waals surface area contributed by atoms with E-state index in [1.165, 1.54) is 12.8 Å². The van der Waals surface area contributed by atoms with Crippen LogP contribution >= 0.6 is 11.6 Å². The zero-order chi connectivity index (χ0) is 25.0. The van der Waals surface area contributed by atoms with E-state index in [0.717, 1.165) is 36.7 Å². The van der Waals surface area contributed by atoms with Crippen LogP contribution in [0.3, 0.4) is 0 Å². The largest absolute Gasteiger partial charge is 0.355 e. The molecular weight excluding hydrogens is 480 g/mol. The molecule has 6 rings (SSSR count). The van der Waals surface area contributed by atoms with Crippen molar-refractivity contribution in [3.63, 3.8) is 0 Å². The van der Waals surface area contributed by atoms with Crippen molar-refractivity contribution in [2.24, 2.45) is 13.0 Å². The summed E-state index contributed by atoms with van der Waals surface area (Å²) in [6.45, 7) is 5.14. The fraction of sp³-hybridized carbons (Fsp3) is 0.429. The zero-order valence-electron chi connectivity index (χ0n) is 20.6. The van der Waals surface area contributed by atoms with Crippen molar-refractivity contribution in [2.75, 3.05) is 13.1 Å². The molecule has 1 N–H and O–H groups in total. The number of aromatic nitrogens is 4. The monoisotopic (exact) mass is 509 g/mol. The highest BCUT2D eigenvalue weighted by Gasteiger charge is 2.50. The van der Waals surface area contributed by atoms with E-state index in [9.17, 15) is 4.39 Å². The number of H-pyrrole nitrogens is 1. The molecule has 2 aliphatic rings. The van der Waals surface area contributed by atoms with Gasteiger partial charge < -0.3 is 9.55 Å². The topological polar surface area (TPSA) is 49.7 Å². The van der Waals surface area contributed by atoms with E-state index < -0.39 is 11.6 Å². The first-order chi connectivity index (χ1) is 17.3. The summed E-state index contributed by atoms with van der Waals surface area (Å²) >= 11 is 6.68. The maximum absolute atomic E-state index is 15.9. The first-order valence-electron chi connectivity index (χ1n) is 12.7. The number of nitrogens with zero attached hydrogens (tertiary/aromatic N) is 4. The van der Waals surface area contributed by atoms with E-state index in [1.807, 2.05) is 41.9 Å². The van der Waals surface area contributed by atoms with Crippen molar-refractivity contribution in [1.82, 2.24) is 24.6 Å². The van der Waals surface area contributed by atoms with Crippen molar-refractivity contribution in [2.45, 2.75) is 50.7 Å². The number of hydrogen-bond acceptors (Lipinski definition) is 3. The van der Waals surface area contributed by atoms with Gasteiger partial charge in [-0.3, -0.25) is 4.90 Å². The average molecular weight is 510 g/mol. The molecule has 0 unspecified atom stereocenters. The van der Waals surface area contributed by atoms with Gasteiger partial charge >= 0.3 is 0 Å². The summed E-state index contributed by atoms with van der Waals surface area (Å²) in [5, 5.41) is 9.52. The number of hydrogen-bond donors (Lipinski definition) is 1. The third kappa shape index (κ3) is 3.93. The van der Waals surface area contributed by atoms with Crippen molar-refractivity contribution in [3.8, 4) is 11.1 Å². The third-order valence-corrected chi connectivity index (χ3v) is 8.31. The van der Waals surface area contributed by atoms with Crippen LogP contribution in [-0.4, -0.2) is 43.9 Å². The normalized spacial score (nSPS) is 24.8. The summed E-state index contributed by atoms with van der Waals surface area (Å²) in [5.41, 5.74) is 2.87. The molecule has 5 nitrogen and oxygen atoms in total. The van der Waals surface area contributed by atoms with E-state index in [2.05, 4.69) is 27.0 Å². The highest BCUT2D eigenvalue weighted by atomic mass is 35.5. The first-order valence-corrected chi connectivity index (χ1v) is 13.0. The van der Waals surface area contributed by atoms with Crippen LogP contribution in [-0.2, 0) is 19.0 Å². The molecule has 36 heavy (non-hydrogen) atoms. The predicted molar refractivity (Wildman–Crippen MR) is 138 cm³/mol. The first kappa shape index (κ1) is 23.6. The minimum Gasteiger partial charge on any atom is -0.355 e.